The summed E-state index contributed by atoms with van der Waals surface area (Å²) < 4.78 is 0. The first-order valence-corrected chi connectivity index (χ1v) is 3.48. The Balaban J connectivity index is -0.000000202. The van der Waals surface area contributed by atoms with Gasteiger partial charge in [0, 0.05) is 13.1 Å². The summed E-state index contributed by atoms with van der Waals surface area (Å²) in [5.41, 5.74) is 0. The Morgan fingerprint density at radius 2 is 1.07 bits per heavy atom. The highest BCUT2D eigenvalue weighted by Gasteiger charge is 1.95. The Morgan fingerprint density at radius 1 is 0.800 bits per heavy atom. The molecule has 0 amide bonds. The van der Waals surface area contributed by atoms with Gasteiger partial charge >= 0.3 is 11.9 Å². The molecule has 9 heteroatoms. The third-order valence-electron chi connectivity index (χ3n) is 1.03. The van der Waals surface area contributed by atoms with Crippen molar-refractivity contribution in [1.29, 1.82) is 0 Å². The van der Waals surface area contributed by atoms with Crippen LogP contribution in [0.1, 0.15) is 0 Å². The number of rotatable bonds is 7. The van der Waals surface area contributed by atoms with E-state index in [1.165, 1.54) is 0 Å². The number of carboxylic acid groups (broad SMARTS) is 2. The predicted molar refractivity (Wildman–Crippen MR) is 51.9 cm³/mol. The molecule has 0 aromatic heterocycles. The van der Waals surface area contributed by atoms with E-state index in [1.54, 1.807) is 0 Å². The summed E-state index contributed by atoms with van der Waals surface area (Å²) in [6.45, 7) is 0.683. The first kappa shape index (κ1) is 23.5. The third-order valence-corrected chi connectivity index (χ3v) is 1.03. The smallest absolute Gasteiger partial charge is 0.317 e. The van der Waals surface area contributed by atoms with Gasteiger partial charge in [0.15, 0.2) is 0 Å². The highest BCUT2D eigenvalue weighted by Crippen LogP contribution is 1.63. The molecule has 0 aromatic carbocycles. The third kappa shape index (κ3) is 24.5. The van der Waals surface area contributed by atoms with Crippen LogP contribution in [0, 0.1) is 0 Å². The molecule has 0 rings (SSSR count). The van der Waals surface area contributed by atoms with E-state index in [2.05, 4.69) is 10.6 Å². The second-order valence-corrected chi connectivity index (χ2v) is 2.14. The highest BCUT2D eigenvalue weighted by molar-refractivity contribution is 5.69. The Hall–Kier alpha value is -1.26. The topological polar surface area (TPSA) is 193 Å². The lowest BCUT2D eigenvalue weighted by Crippen LogP contribution is -2.33. The molecule has 0 aliphatic rings. The highest BCUT2D eigenvalue weighted by atomic mass is 16.4. The summed E-state index contributed by atoms with van der Waals surface area (Å²) in [5.74, 6) is -1.85. The van der Waals surface area contributed by atoms with Crippen LogP contribution in [0.25, 0.3) is 0 Å². The molecule has 0 spiro atoms. The van der Waals surface area contributed by atoms with Crippen molar-refractivity contribution in [3.8, 4) is 0 Å². The average molecular weight is 230 g/mol. The SMILES string of the molecule is O.O.O.O=C(O)CNCCNCC(=O)O. The van der Waals surface area contributed by atoms with Gasteiger partial charge in [-0.25, -0.2) is 0 Å². The van der Waals surface area contributed by atoms with E-state index >= 15 is 0 Å². The predicted octanol–water partition coefficient (Wildman–Crippen LogP) is -4.14. The van der Waals surface area contributed by atoms with Crippen LogP contribution in [-0.2, 0) is 9.59 Å². The van der Waals surface area contributed by atoms with Crippen molar-refractivity contribution >= 4 is 11.9 Å². The lowest BCUT2D eigenvalue weighted by atomic mass is 10.5. The van der Waals surface area contributed by atoms with Crippen LogP contribution in [0.3, 0.4) is 0 Å². The van der Waals surface area contributed by atoms with Gasteiger partial charge in [0.2, 0.25) is 0 Å². The van der Waals surface area contributed by atoms with E-state index in [1.807, 2.05) is 0 Å². The van der Waals surface area contributed by atoms with Crippen molar-refractivity contribution in [2.24, 2.45) is 0 Å². The summed E-state index contributed by atoms with van der Waals surface area (Å²) >= 11 is 0. The minimum absolute atomic E-state index is 0. The van der Waals surface area contributed by atoms with Crippen LogP contribution in [0.2, 0.25) is 0 Å². The molecular formula is C6H18N2O7. The van der Waals surface area contributed by atoms with E-state index < -0.39 is 11.9 Å². The molecule has 9 nitrogen and oxygen atoms in total. The number of hydrogen-bond donors (Lipinski definition) is 4. The molecule has 0 aliphatic carbocycles. The van der Waals surface area contributed by atoms with Crippen molar-refractivity contribution in [3.63, 3.8) is 0 Å². The quantitative estimate of drug-likeness (QED) is 0.320. The fourth-order valence-electron chi connectivity index (χ4n) is 0.567. The van der Waals surface area contributed by atoms with Gasteiger partial charge in [-0.05, 0) is 0 Å². The van der Waals surface area contributed by atoms with Gasteiger partial charge in [-0.2, -0.15) is 0 Å². The molecule has 0 atom stereocenters. The fraction of sp³-hybridized carbons (Fsp3) is 0.667. The van der Waals surface area contributed by atoms with Gasteiger partial charge in [-0.15, -0.1) is 0 Å². The van der Waals surface area contributed by atoms with Crippen molar-refractivity contribution in [3.05, 3.63) is 0 Å². The van der Waals surface area contributed by atoms with E-state index in [9.17, 15) is 9.59 Å². The van der Waals surface area contributed by atoms with Gasteiger partial charge in [0.1, 0.15) is 0 Å². The zero-order valence-electron chi connectivity index (χ0n) is 8.04. The molecule has 10 N–H and O–H groups in total. The van der Waals surface area contributed by atoms with Crippen molar-refractivity contribution in [2.45, 2.75) is 0 Å². The van der Waals surface area contributed by atoms with Gasteiger partial charge in [0.25, 0.3) is 0 Å². The van der Waals surface area contributed by atoms with Gasteiger partial charge in [-0.1, -0.05) is 0 Å². The largest absolute Gasteiger partial charge is 0.480 e. The van der Waals surface area contributed by atoms with Crippen LogP contribution >= 0.6 is 0 Å². The summed E-state index contributed by atoms with van der Waals surface area (Å²) in [7, 11) is 0. The first-order chi connectivity index (χ1) is 5.63. The van der Waals surface area contributed by atoms with Crippen molar-refractivity contribution in [2.75, 3.05) is 26.2 Å². The van der Waals surface area contributed by atoms with Crippen LogP contribution in [0.15, 0.2) is 0 Å². The second kappa shape index (κ2) is 15.2. The van der Waals surface area contributed by atoms with Crippen LogP contribution < -0.4 is 10.6 Å². The van der Waals surface area contributed by atoms with Gasteiger partial charge in [0.05, 0.1) is 13.1 Å². The number of carboxylic acids is 2. The fourth-order valence-corrected chi connectivity index (χ4v) is 0.567. The second-order valence-electron chi connectivity index (χ2n) is 2.14. The molecule has 0 saturated carbocycles. The minimum Gasteiger partial charge on any atom is -0.480 e. The monoisotopic (exact) mass is 230 g/mol. The number of carbonyl (C=O) groups is 2. The van der Waals surface area contributed by atoms with E-state index in [0.717, 1.165) is 0 Å². The maximum Gasteiger partial charge on any atom is 0.317 e. The summed E-state index contributed by atoms with van der Waals surface area (Å²) in [6, 6.07) is 0. The molecule has 0 radical (unpaired) electrons. The molecule has 0 heterocycles. The molecule has 0 aliphatic heterocycles. The average Bonchev–Trinajstić information content (AvgIpc) is 1.95. The Morgan fingerprint density at radius 3 is 1.27 bits per heavy atom. The Bertz CT molecular complexity index is 146. The van der Waals surface area contributed by atoms with Crippen molar-refractivity contribution in [1.82, 2.24) is 10.6 Å². The molecule has 94 valence electrons. The summed E-state index contributed by atoms with van der Waals surface area (Å²) in [4.78, 5) is 19.9. The number of aliphatic carboxylic acids is 2. The summed E-state index contributed by atoms with van der Waals surface area (Å²) in [6.07, 6.45) is 0. The standard InChI is InChI=1S/C6H12N2O4.3H2O/c9-5(10)3-7-1-2-8-4-6(11)12;;;/h7-8H,1-4H2,(H,9,10)(H,11,12);3*1H2. The number of nitrogens with one attached hydrogen (secondary N) is 2. The molecule has 0 saturated heterocycles. The first-order valence-electron chi connectivity index (χ1n) is 3.48. The van der Waals surface area contributed by atoms with Crippen molar-refractivity contribution < 1.29 is 36.2 Å². The Kier molecular flexibility index (Phi) is 23.9. The lowest BCUT2D eigenvalue weighted by Gasteiger charge is -2.01. The lowest BCUT2D eigenvalue weighted by molar-refractivity contribution is -0.137. The molecular weight excluding hydrogens is 212 g/mol. The zero-order chi connectivity index (χ0) is 9.40. The minimum atomic E-state index is -0.923. The van der Waals surface area contributed by atoms with Gasteiger partial charge in [-0.3, -0.25) is 9.59 Å². The number of hydrogen-bond acceptors (Lipinski definition) is 4. The normalized spacial score (nSPS) is 7.73. The molecule has 15 heavy (non-hydrogen) atoms. The van der Waals surface area contributed by atoms with Crippen LogP contribution in [0.4, 0.5) is 0 Å². The van der Waals surface area contributed by atoms with E-state index in [4.69, 9.17) is 10.2 Å². The molecule has 0 aromatic rings. The molecule has 0 fully saturated rings. The van der Waals surface area contributed by atoms with E-state index in [0.29, 0.717) is 13.1 Å². The molecule has 0 unspecified atom stereocenters. The Labute approximate surface area is 86.0 Å². The van der Waals surface area contributed by atoms with E-state index in [-0.39, 0.29) is 29.5 Å². The van der Waals surface area contributed by atoms with Gasteiger partial charge < -0.3 is 37.3 Å². The van der Waals surface area contributed by atoms with Crippen LogP contribution in [0.5, 0.6) is 0 Å². The van der Waals surface area contributed by atoms with Crippen LogP contribution in [-0.4, -0.2) is 64.8 Å². The molecule has 0 bridgehead atoms. The zero-order valence-corrected chi connectivity index (χ0v) is 8.04. The maximum absolute atomic E-state index is 9.96. The summed E-state index contributed by atoms with van der Waals surface area (Å²) in [5, 5.41) is 21.6. The maximum atomic E-state index is 9.96.